The van der Waals surface area contributed by atoms with Gasteiger partial charge in [-0.1, -0.05) is 44.1 Å². The van der Waals surface area contributed by atoms with Crippen LogP contribution in [0.15, 0.2) is 23.3 Å². The van der Waals surface area contributed by atoms with E-state index in [1.807, 2.05) is 6.92 Å². The predicted molar refractivity (Wildman–Crippen MR) is 110 cm³/mol. The van der Waals surface area contributed by atoms with Gasteiger partial charge in [0.15, 0.2) is 0 Å². The fraction of sp³-hybridized carbons (Fsp3) is 0.760. The van der Waals surface area contributed by atoms with Gasteiger partial charge >= 0.3 is 0 Å². The highest BCUT2D eigenvalue weighted by Crippen LogP contribution is 2.65. The molecule has 4 aliphatic carbocycles. The molecule has 8 atom stereocenters. The molecule has 2 N–H and O–H groups in total. The Morgan fingerprint density at radius 3 is 2.63 bits per heavy atom. The number of allylic oxidation sites excluding steroid dienone is 2. The predicted octanol–water partition coefficient (Wildman–Crippen LogP) is 4.87. The van der Waals surface area contributed by atoms with E-state index in [1.165, 1.54) is 18.4 Å². The maximum absolute atomic E-state index is 11.2. The van der Waals surface area contributed by atoms with Crippen LogP contribution in [0.1, 0.15) is 72.6 Å². The summed E-state index contributed by atoms with van der Waals surface area (Å²) in [6.07, 6.45) is 11.3. The summed E-state index contributed by atoms with van der Waals surface area (Å²) in [4.78, 5) is 0. The zero-order valence-electron chi connectivity index (χ0n) is 17.5. The number of aliphatic hydroxyl groups excluding tert-OH is 2. The van der Waals surface area contributed by atoms with Gasteiger partial charge in [0.1, 0.15) is 0 Å². The van der Waals surface area contributed by atoms with Gasteiger partial charge in [-0.25, -0.2) is 0 Å². The lowest BCUT2D eigenvalue weighted by molar-refractivity contribution is -0.0789. The van der Waals surface area contributed by atoms with Crippen molar-refractivity contribution in [1.29, 1.82) is 0 Å². The number of hydrogen-bond acceptors (Lipinski definition) is 2. The minimum atomic E-state index is -0.355. The number of fused-ring (bicyclic) bond motifs is 5. The summed E-state index contributed by atoms with van der Waals surface area (Å²) in [5.41, 5.74) is 3.32. The van der Waals surface area contributed by atoms with Gasteiger partial charge in [-0.3, -0.25) is 0 Å². The van der Waals surface area contributed by atoms with Crippen molar-refractivity contribution in [3.05, 3.63) is 23.3 Å². The van der Waals surface area contributed by atoms with Gasteiger partial charge in [-0.05, 0) is 80.0 Å². The zero-order chi connectivity index (χ0) is 19.4. The first-order chi connectivity index (χ1) is 12.8. The lowest BCUT2D eigenvalue weighted by Crippen LogP contribution is -2.54. The zero-order valence-corrected chi connectivity index (χ0v) is 17.5. The Hall–Kier alpha value is -1.04. The Balaban J connectivity index is 1.64. The van der Waals surface area contributed by atoms with Crippen LogP contribution in [0.3, 0.4) is 0 Å². The Bertz CT molecular complexity index is 722. The normalized spacial score (nSPS) is 46.8. The second-order valence-electron chi connectivity index (χ2n) is 10.2. The minimum absolute atomic E-state index is 0.173. The fourth-order valence-electron chi connectivity index (χ4n) is 7.36. The Morgan fingerprint density at radius 1 is 1.15 bits per heavy atom. The molecule has 2 heteroatoms. The van der Waals surface area contributed by atoms with Gasteiger partial charge in [0.2, 0.25) is 0 Å². The van der Waals surface area contributed by atoms with Crippen molar-refractivity contribution in [2.45, 2.75) is 84.8 Å². The molecule has 0 bridgehead atoms. The summed E-state index contributed by atoms with van der Waals surface area (Å²) in [6, 6.07) is 0. The maximum atomic E-state index is 11.2. The van der Waals surface area contributed by atoms with Crippen LogP contribution in [0.5, 0.6) is 0 Å². The molecule has 0 saturated heterocycles. The standard InChI is InChI=1S/C25H36O2/c1-5-6-7-16(2)19-8-9-20-23-21(11-13-25(19,20)4)24(3)12-10-18(26)14-17(24)15-22(23)27/h8,15-16,18,20-23,26-27H,7,9-14H2,1-4H3. The van der Waals surface area contributed by atoms with Crippen LogP contribution < -0.4 is 0 Å². The topological polar surface area (TPSA) is 40.5 Å². The van der Waals surface area contributed by atoms with Crippen molar-refractivity contribution < 1.29 is 10.2 Å². The highest BCUT2D eigenvalue weighted by molar-refractivity contribution is 5.33. The van der Waals surface area contributed by atoms with Gasteiger partial charge < -0.3 is 10.2 Å². The molecule has 0 aromatic rings. The van der Waals surface area contributed by atoms with Crippen molar-refractivity contribution in [3.63, 3.8) is 0 Å². The second kappa shape index (κ2) is 6.78. The summed E-state index contributed by atoms with van der Waals surface area (Å²) in [5, 5.41) is 21.3. The highest BCUT2D eigenvalue weighted by atomic mass is 16.3. The monoisotopic (exact) mass is 368 g/mol. The lowest BCUT2D eigenvalue weighted by Gasteiger charge is -2.59. The largest absolute Gasteiger partial charge is 0.393 e. The molecule has 8 unspecified atom stereocenters. The minimum Gasteiger partial charge on any atom is -0.393 e. The Morgan fingerprint density at radius 2 is 1.89 bits per heavy atom. The fourth-order valence-corrected chi connectivity index (χ4v) is 7.36. The average molecular weight is 369 g/mol. The molecule has 4 rings (SSSR count). The first kappa shape index (κ1) is 19.3. The van der Waals surface area contributed by atoms with E-state index in [1.54, 1.807) is 5.57 Å². The molecule has 2 saturated carbocycles. The van der Waals surface area contributed by atoms with E-state index < -0.39 is 0 Å². The molecule has 27 heavy (non-hydrogen) atoms. The molecule has 0 heterocycles. The van der Waals surface area contributed by atoms with E-state index in [9.17, 15) is 10.2 Å². The number of rotatable bonds is 2. The molecule has 2 nitrogen and oxygen atoms in total. The van der Waals surface area contributed by atoms with Crippen LogP contribution in [0, 0.1) is 46.3 Å². The smallest absolute Gasteiger partial charge is 0.0757 e. The summed E-state index contributed by atoms with van der Waals surface area (Å²) >= 11 is 0. The molecule has 0 aromatic carbocycles. The highest BCUT2D eigenvalue weighted by Gasteiger charge is 2.59. The van der Waals surface area contributed by atoms with Crippen LogP contribution in [0.25, 0.3) is 0 Å². The van der Waals surface area contributed by atoms with Crippen molar-refractivity contribution in [1.82, 2.24) is 0 Å². The van der Waals surface area contributed by atoms with E-state index >= 15 is 0 Å². The summed E-state index contributed by atoms with van der Waals surface area (Å²) < 4.78 is 0. The Kier molecular flexibility index (Phi) is 4.84. The third-order valence-corrected chi connectivity index (χ3v) is 8.86. The van der Waals surface area contributed by atoms with Crippen LogP contribution in [0.4, 0.5) is 0 Å². The molecule has 0 spiro atoms. The molecule has 0 radical (unpaired) electrons. The van der Waals surface area contributed by atoms with E-state index in [0.717, 1.165) is 32.1 Å². The van der Waals surface area contributed by atoms with Crippen molar-refractivity contribution in [3.8, 4) is 11.8 Å². The summed E-state index contributed by atoms with van der Waals surface area (Å²) in [7, 11) is 0. The van der Waals surface area contributed by atoms with Crippen LogP contribution >= 0.6 is 0 Å². The molecule has 0 aliphatic heterocycles. The average Bonchev–Trinajstić information content (AvgIpc) is 2.98. The second-order valence-corrected chi connectivity index (χ2v) is 10.2. The number of aliphatic hydroxyl groups is 2. The SMILES string of the molecule is CC#CCC(C)C1=CCC2C3C(O)C=C4CC(O)CCC4(C)C3CCC12C. The van der Waals surface area contributed by atoms with Gasteiger partial charge in [0.25, 0.3) is 0 Å². The molecular weight excluding hydrogens is 332 g/mol. The quantitative estimate of drug-likeness (QED) is 0.539. The molecular formula is C25H36O2. The Labute approximate surface area is 165 Å². The lowest BCUT2D eigenvalue weighted by atomic mass is 9.46. The molecule has 4 aliphatic rings. The van der Waals surface area contributed by atoms with E-state index in [0.29, 0.717) is 23.7 Å². The van der Waals surface area contributed by atoms with Crippen LogP contribution in [0.2, 0.25) is 0 Å². The molecule has 0 aromatic heterocycles. The summed E-state index contributed by atoms with van der Waals surface area (Å²) in [5.74, 6) is 8.29. The summed E-state index contributed by atoms with van der Waals surface area (Å²) in [6.45, 7) is 9.13. The first-order valence-corrected chi connectivity index (χ1v) is 11.0. The van der Waals surface area contributed by atoms with Crippen LogP contribution in [-0.2, 0) is 0 Å². The molecule has 2 fully saturated rings. The van der Waals surface area contributed by atoms with Gasteiger partial charge in [0.05, 0.1) is 12.2 Å². The van der Waals surface area contributed by atoms with E-state index in [2.05, 4.69) is 44.8 Å². The van der Waals surface area contributed by atoms with E-state index in [4.69, 9.17) is 0 Å². The van der Waals surface area contributed by atoms with Gasteiger partial charge in [-0.2, -0.15) is 0 Å². The van der Waals surface area contributed by atoms with Crippen molar-refractivity contribution >= 4 is 0 Å². The number of hydrogen-bond donors (Lipinski definition) is 2. The molecule has 0 amide bonds. The maximum Gasteiger partial charge on any atom is 0.0757 e. The van der Waals surface area contributed by atoms with Crippen LogP contribution in [-0.4, -0.2) is 22.4 Å². The van der Waals surface area contributed by atoms with Crippen molar-refractivity contribution in [2.24, 2.45) is 34.5 Å². The molecule has 148 valence electrons. The van der Waals surface area contributed by atoms with Crippen molar-refractivity contribution in [2.75, 3.05) is 0 Å². The third kappa shape index (κ3) is 2.85. The van der Waals surface area contributed by atoms with Gasteiger partial charge in [0, 0.05) is 6.42 Å². The third-order valence-electron chi connectivity index (χ3n) is 8.86. The van der Waals surface area contributed by atoms with E-state index in [-0.39, 0.29) is 23.0 Å². The van der Waals surface area contributed by atoms with Gasteiger partial charge in [-0.15, -0.1) is 11.8 Å². The first-order valence-electron chi connectivity index (χ1n) is 11.0.